The second-order valence-corrected chi connectivity index (χ2v) is 8.47. The number of carbonyl (C=O) groups excluding carboxylic acids is 2. The Hall–Kier alpha value is -2.67. The number of aryl methyl sites for hydroxylation is 1. The Balaban J connectivity index is 1.57. The Morgan fingerprint density at radius 3 is 2.72 bits per heavy atom. The lowest BCUT2D eigenvalue weighted by atomic mass is 9.98. The number of rotatable bonds is 4. The molecule has 0 saturated carbocycles. The van der Waals surface area contributed by atoms with E-state index in [0.717, 1.165) is 11.1 Å². The molecule has 0 bridgehead atoms. The number of hydrogen-bond acceptors (Lipinski definition) is 5. The summed E-state index contributed by atoms with van der Waals surface area (Å²) in [4.78, 5) is 27.8. The normalized spacial score (nSPS) is 21.0. The quantitative estimate of drug-likeness (QED) is 0.835. The smallest absolute Gasteiger partial charge is 0.250 e. The summed E-state index contributed by atoms with van der Waals surface area (Å²) in [6.45, 7) is 5.27. The zero-order valence-electron chi connectivity index (χ0n) is 16.6. The second-order valence-electron chi connectivity index (χ2n) is 7.49. The zero-order valence-corrected chi connectivity index (χ0v) is 17.4. The topological polar surface area (TPSA) is 67.9 Å². The summed E-state index contributed by atoms with van der Waals surface area (Å²) in [5.74, 6) is 1.99. The Labute approximate surface area is 174 Å². The SMILES string of the molecule is Cc1ccccc1CN1C(=O)CSCC1(C)C(=O)Nc1ccc2c(c1)OCCO2. The van der Waals surface area contributed by atoms with E-state index in [2.05, 4.69) is 5.32 Å². The van der Waals surface area contributed by atoms with Crippen LogP contribution in [0.5, 0.6) is 11.5 Å². The average Bonchev–Trinajstić information content (AvgIpc) is 2.72. The minimum absolute atomic E-state index is 0.0238. The van der Waals surface area contributed by atoms with E-state index in [4.69, 9.17) is 9.47 Å². The van der Waals surface area contributed by atoms with Crippen LogP contribution in [0.2, 0.25) is 0 Å². The molecule has 2 heterocycles. The van der Waals surface area contributed by atoms with Gasteiger partial charge in [0.2, 0.25) is 5.91 Å². The van der Waals surface area contributed by atoms with Gasteiger partial charge in [0.1, 0.15) is 18.8 Å². The molecule has 1 atom stereocenters. The van der Waals surface area contributed by atoms with E-state index in [1.54, 1.807) is 23.1 Å². The van der Waals surface area contributed by atoms with Gasteiger partial charge in [-0.1, -0.05) is 24.3 Å². The minimum atomic E-state index is -0.949. The molecule has 4 rings (SSSR count). The first-order chi connectivity index (χ1) is 14.0. The van der Waals surface area contributed by atoms with Crippen LogP contribution in [0.1, 0.15) is 18.1 Å². The van der Waals surface area contributed by atoms with Crippen molar-refractivity contribution in [3.63, 3.8) is 0 Å². The van der Waals surface area contributed by atoms with Crippen molar-refractivity contribution in [2.24, 2.45) is 0 Å². The van der Waals surface area contributed by atoms with Crippen LogP contribution in [-0.4, -0.2) is 47.0 Å². The van der Waals surface area contributed by atoms with Crippen LogP contribution in [0, 0.1) is 6.92 Å². The Bertz CT molecular complexity index is 948. The number of nitrogens with zero attached hydrogens (tertiary/aromatic N) is 1. The van der Waals surface area contributed by atoms with Gasteiger partial charge in [0, 0.05) is 24.1 Å². The van der Waals surface area contributed by atoms with Crippen molar-refractivity contribution in [2.45, 2.75) is 25.9 Å². The molecule has 7 heteroatoms. The molecule has 1 N–H and O–H groups in total. The van der Waals surface area contributed by atoms with Gasteiger partial charge in [0.25, 0.3) is 5.91 Å². The highest BCUT2D eigenvalue weighted by Crippen LogP contribution is 2.34. The van der Waals surface area contributed by atoms with E-state index < -0.39 is 5.54 Å². The zero-order chi connectivity index (χ0) is 20.4. The summed E-state index contributed by atoms with van der Waals surface area (Å²) >= 11 is 1.49. The minimum Gasteiger partial charge on any atom is -0.486 e. The second kappa shape index (κ2) is 7.99. The molecule has 1 fully saturated rings. The summed E-state index contributed by atoms with van der Waals surface area (Å²) in [5, 5.41) is 2.97. The lowest BCUT2D eigenvalue weighted by molar-refractivity contribution is -0.142. The third-order valence-corrected chi connectivity index (χ3v) is 6.60. The largest absolute Gasteiger partial charge is 0.486 e. The van der Waals surface area contributed by atoms with E-state index in [1.807, 2.05) is 38.1 Å². The number of fused-ring (bicyclic) bond motifs is 1. The van der Waals surface area contributed by atoms with Crippen LogP contribution in [0.4, 0.5) is 5.69 Å². The maximum absolute atomic E-state index is 13.3. The van der Waals surface area contributed by atoms with Crippen molar-refractivity contribution in [3.05, 3.63) is 53.6 Å². The number of carbonyl (C=O) groups is 2. The number of hydrogen-bond donors (Lipinski definition) is 1. The van der Waals surface area contributed by atoms with Gasteiger partial charge in [-0.25, -0.2) is 0 Å². The van der Waals surface area contributed by atoms with Crippen LogP contribution in [0.15, 0.2) is 42.5 Å². The molecule has 29 heavy (non-hydrogen) atoms. The summed E-state index contributed by atoms with van der Waals surface area (Å²) in [6, 6.07) is 13.3. The molecule has 2 aromatic rings. The predicted molar refractivity (Wildman–Crippen MR) is 114 cm³/mol. The number of ether oxygens (including phenoxy) is 2. The first-order valence-electron chi connectivity index (χ1n) is 9.61. The molecule has 152 valence electrons. The summed E-state index contributed by atoms with van der Waals surface area (Å²) in [7, 11) is 0. The fraction of sp³-hybridized carbons (Fsp3) is 0.364. The van der Waals surface area contributed by atoms with Crippen LogP contribution in [-0.2, 0) is 16.1 Å². The lowest BCUT2D eigenvalue weighted by Gasteiger charge is -2.43. The molecule has 1 unspecified atom stereocenters. The number of benzene rings is 2. The number of thioether (sulfide) groups is 1. The van der Waals surface area contributed by atoms with Gasteiger partial charge in [-0.3, -0.25) is 9.59 Å². The molecular formula is C22H24N2O4S. The van der Waals surface area contributed by atoms with Crippen LogP contribution >= 0.6 is 11.8 Å². The van der Waals surface area contributed by atoms with Crippen LogP contribution in [0.25, 0.3) is 0 Å². The highest BCUT2D eigenvalue weighted by atomic mass is 32.2. The van der Waals surface area contributed by atoms with Crippen molar-refractivity contribution in [3.8, 4) is 11.5 Å². The van der Waals surface area contributed by atoms with Crippen molar-refractivity contribution in [2.75, 3.05) is 30.0 Å². The predicted octanol–water partition coefficient (Wildman–Crippen LogP) is 3.24. The Morgan fingerprint density at radius 1 is 1.17 bits per heavy atom. The standard InChI is InChI=1S/C22H24N2O4S/c1-15-5-3-4-6-16(15)12-24-20(25)13-29-14-22(24,2)21(26)23-17-7-8-18-19(11-17)28-10-9-27-18/h3-8,11H,9-10,12-14H2,1-2H3,(H,23,26). The van der Waals surface area contributed by atoms with Gasteiger partial charge in [-0.2, -0.15) is 0 Å². The first kappa shape index (κ1) is 19.6. The van der Waals surface area contributed by atoms with Crippen LogP contribution in [0.3, 0.4) is 0 Å². The maximum atomic E-state index is 13.3. The van der Waals surface area contributed by atoms with E-state index in [-0.39, 0.29) is 11.8 Å². The van der Waals surface area contributed by atoms with Crippen LogP contribution < -0.4 is 14.8 Å². The molecule has 0 aromatic heterocycles. The third kappa shape index (κ3) is 3.92. The van der Waals surface area contributed by atoms with Crippen molar-refractivity contribution in [1.82, 2.24) is 4.90 Å². The summed E-state index contributed by atoms with van der Waals surface area (Å²) in [5.41, 5.74) is 1.83. The molecule has 0 spiro atoms. The molecule has 2 amide bonds. The van der Waals surface area contributed by atoms with Gasteiger partial charge < -0.3 is 19.7 Å². The van der Waals surface area contributed by atoms with Gasteiger partial charge in [0.15, 0.2) is 11.5 Å². The highest BCUT2D eigenvalue weighted by molar-refractivity contribution is 8.00. The van der Waals surface area contributed by atoms with Gasteiger partial charge >= 0.3 is 0 Å². The monoisotopic (exact) mass is 412 g/mol. The van der Waals surface area contributed by atoms with E-state index in [9.17, 15) is 9.59 Å². The molecule has 0 radical (unpaired) electrons. The average molecular weight is 413 g/mol. The maximum Gasteiger partial charge on any atom is 0.250 e. The Morgan fingerprint density at radius 2 is 1.93 bits per heavy atom. The van der Waals surface area contributed by atoms with Crippen molar-refractivity contribution < 1.29 is 19.1 Å². The third-order valence-electron chi connectivity index (χ3n) is 5.38. The summed E-state index contributed by atoms with van der Waals surface area (Å²) < 4.78 is 11.1. The van der Waals surface area contributed by atoms with Crippen molar-refractivity contribution >= 4 is 29.3 Å². The van der Waals surface area contributed by atoms with E-state index in [0.29, 0.717) is 48.5 Å². The molecule has 2 aromatic carbocycles. The van der Waals surface area contributed by atoms with Gasteiger partial charge in [0.05, 0.1) is 5.75 Å². The first-order valence-corrected chi connectivity index (χ1v) is 10.8. The molecular weight excluding hydrogens is 388 g/mol. The molecule has 0 aliphatic carbocycles. The number of amides is 2. The number of anilines is 1. The van der Waals surface area contributed by atoms with Gasteiger partial charge in [-0.05, 0) is 37.1 Å². The fourth-order valence-corrected chi connectivity index (χ4v) is 4.68. The van der Waals surface area contributed by atoms with E-state index >= 15 is 0 Å². The highest BCUT2D eigenvalue weighted by Gasteiger charge is 2.45. The lowest BCUT2D eigenvalue weighted by Crippen LogP contribution is -2.61. The molecule has 2 aliphatic rings. The number of nitrogens with one attached hydrogen (secondary N) is 1. The van der Waals surface area contributed by atoms with Gasteiger partial charge in [-0.15, -0.1) is 11.8 Å². The molecule has 1 saturated heterocycles. The summed E-state index contributed by atoms with van der Waals surface area (Å²) in [6.07, 6.45) is 0. The Kier molecular flexibility index (Phi) is 5.41. The fourth-order valence-electron chi connectivity index (χ4n) is 3.56. The van der Waals surface area contributed by atoms with E-state index in [1.165, 1.54) is 11.8 Å². The molecule has 6 nitrogen and oxygen atoms in total. The van der Waals surface area contributed by atoms with Crippen molar-refractivity contribution in [1.29, 1.82) is 0 Å². The molecule has 2 aliphatic heterocycles.